The van der Waals surface area contributed by atoms with Gasteiger partial charge in [0.2, 0.25) is 0 Å². The molecule has 106 valence electrons. The summed E-state index contributed by atoms with van der Waals surface area (Å²) in [6.07, 6.45) is 4.75. The van der Waals surface area contributed by atoms with Crippen LogP contribution in [-0.2, 0) is 4.74 Å². The molecule has 1 aromatic rings. The molecule has 0 saturated carbocycles. The molecule has 4 nitrogen and oxygen atoms in total. The van der Waals surface area contributed by atoms with E-state index in [9.17, 15) is 0 Å². The maximum atomic E-state index is 5.71. The summed E-state index contributed by atoms with van der Waals surface area (Å²) in [5.74, 6) is 6.63. The van der Waals surface area contributed by atoms with Crippen LogP contribution in [0.4, 0.5) is 0 Å². The number of rotatable bonds is 7. The third-order valence-electron chi connectivity index (χ3n) is 3.60. The Balaban J connectivity index is 1.99. The molecular formula is C15H24N2O2. The summed E-state index contributed by atoms with van der Waals surface area (Å²) in [6, 6.07) is 8.20. The molecule has 1 saturated heterocycles. The summed E-state index contributed by atoms with van der Waals surface area (Å²) in [5, 5.41) is 0. The van der Waals surface area contributed by atoms with E-state index in [0.717, 1.165) is 30.8 Å². The topological polar surface area (TPSA) is 56.5 Å². The molecule has 3 N–H and O–H groups in total. The number of ether oxygens (including phenoxy) is 2. The molecule has 0 radical (unpaired) electrons. The van der Waals surface area contributed by atoms with E-state index in [1.54, 1.807) is 0 Å². The van der Waals surface area contributed by atoms with E-state index in [2.05, 4.69) is 11.5 Å². The molecule has 2 rings (SSSR count). The Morgan fingerprint density at radius 3 is 3.00 bits per heavy atom. The molecule has 4 heteroatoms. The van der Waals surface area contributed by atoms with Crippen molar-refractivity contribution >= 4 is 0 Å². The van der Waals surface area contributed by atoms with E-state index in [1.807, 2.05) is 25.1 Å². The normalized spacial score (nSPS) is 20.4. The lowest BCUT2D eigenvalue weighted by Gasteiger charge is -2.21. The molecule has 0 amide bonds. The van der Waals surface area contributed by atoms with Crippen molar-refractivity contribution in [1.29, 1.82) is 0 Å². The lowest BCUT2D eigenvalue weighted by atomic mass is 9.99. The fourth-order valence-corrected chi connectivity index (χ4v) is 2.61. The van der Waals surface area contributed by atoms with Gasteiger partial charge in [-0.15, -0.1) is 0 Å². The van der Waals surface area contributed by atoms with Gasteiger partial charge in [-0.25, -0.2) is 0 Å². The number of nitrogens with one attached hydrogen (secondary N) is 1. The average Bonchev–Trinajstić information content (AvgIpc) is 2.95. The molecular weight excluding hydrogens is 240 g/mol. The van der Waals surface area contributed by atoms with Crippen molar-refractivity contribution in [2.45, 2.75) is 44.8 Å². The van der Waals surface area contributed by atoms with Gasteiger partial charge in [-0.3, -0.25) is 11.3 Å². The van der Waals surface area contributed by atoms with Gasteiger partial charge in [-0.1, -0.05) is 18.2 Å². The lowest BCUT2D eigenvalue weighted by molar-refractivity contribution is 0.0995. The lowest BCUT2D eigenvalue weighted by Crippen LogP contribution is -2.29. The van der Waals surface area contributed by atoms with Gasteiger partial charge in [-0.05, 0) is 38.7 Å². The van der Waals surface area contributed by atoms with Crippen LogP contribution in [0.2, 0.25) is 0 Å². The van der Waals surface area contributed by atoms with Gasteiger partial charge in [0.1, 0.15) is 5.75 Å². The highest BCUT2D eigenvalue weighted by molar-refractivity contribution is 5.35. The minimum absolute atomic E-state index is 0.118. The van der Waals surface area contributed by atoms with Crippen molar-refractivity contribution in [3.05, 3.63) is 29.8 Å². The Morgan fingerprint density at radius 1 is 1.47 bits per heavy atom. The third-order valence-corrected chi connectivity index (χ3v) is 3.60. The second-order valence-corrected chi connectivity index (χ2v) is 4.90. The quantitative estimate of drug-likeness (QED) is 0.587. The number of para-hydroxylation sites is 1. The van der Waals surface area contributed by atoms with Crippen LogP contribution in [-0.4, -0.2) is 19.3 Å². The molecule has 1 aliphatic rings. The van der Waals surface area contributed by atoms with E-state index in [4.69, 9.17) is 15.3 Å². The van der Waals surface area contributed by atoms with Crippen molar-refractivity contribution < 1.29 is 9.47 Å². The van der Waals surface area contributed by atoms with Crippen molar-refractivity contribution in [2.24, 2.45) is 5.84 Å². The first kappa shape index (κ1) is 14.3. The van der Waals surface area contributed by atoms with Gasteiger partial charge < -0.3 is 9.47 Å². The predicted molar refractivity (Wildman–Crippen MR) is 75.9 cm³/mol. The van der Waals surface area contributed by atoms with Crippen molar-refractivity contribution in [3.8, 4) is 5.75 Å². The van der Waals surface area contributed by atoms with Crippen LogP contribution in [0.25, 0.3) is 0 Å². The van der Waals surface area contributed by atoms with Crippen LogP contribution < -0.4 is 16.0 Å². The molecule has 0 aromatic heterocycles. The first-order chi connectivity index (χ1) is 9.35. The number of hydrogen-bond donors (Lipinski definition) is 2. The Labute approximate surface area is 115 Å². The van der Waals surface area contributed by atoms with Crippen LogP contribution in [0, 0.1) is 0 Å². The molecule has 0 spiro atoms. The maximum Gasteiger partial charge on any atom is 0.124 e. The summed E-state index contributed by atoms with van der Waals surface area (Å²) in [4.78, 5) is 0. The number of hydrogen-bond acceptors (Lipinski definition) is 4. The third kappa shape index (κ3) is 3.93. The fourth-order valence-electron chi connectivity index (χ4n) is 2.61. The fraction of sp³-hybridized carbons (Fsp3) is 0.600. The molecule has 0 aliphatic carbocycles. The zero-order valence-electron chi connectivity index (χ0n) is 11.6. The SMILES string of the molecule is CCOc1ccccc1C(CCC1CCCO1)NN. The van der Waals surface area contributed by atoms with Crippen LogP contribution in [0.1, 0.15) is 44.2 Å². The van der Waals surface area contributed by atoms with Crippen LogP contribution in [0.3, 0.4) is 0 Å². The van der Waals surface area contributed by atoms with Crippen molar-refractivity contribution in [2.75, 3.05) is 13.2 Å². The van der Waals surface area contributed by atoms with Crippen molar-refractivity contribution in [3.63, 3.8) is 0 Å². The summed E-state index contributed by atoms with van der Waals surface area (Å²) in [7, 11) is 0. The highest BCUT2D eigenvalue weighted by Crippen LogP contribution is 2.29. The Kier molecular flexibility index (Phi) is 5.63. The van der Waals surface area contributed by atoms with E-state index in [0.29, 0.717) is 12.7 Å². The number of nitrogens with two attached hydrogens (primary N) is 1. The van der Waals surface area contributed by atoms with E-state index >= 15 is 0 Å². The van der Waals surface area contributed by atoms with E-state index in [-0.39, 0.29) is 6.04 Å². The average molecular weight is 264 g/mol. The van der Waals surface area contributed by atoms with Crippen LogP contribution >= 0.6 is 0 Å². The molecule has 19 heavy (non-hydrogen) atoms. The van der Waals surface area contributed by atoms with Crippen molar-refractivity contribution in [1.82, 2.24) is 5.43 Å². The number of benzene rings is 1. The van der Waals surface area contributed by atoms with Gasteiger partial charge in [0.15, 0.2) is 0 Å². The molecule has 1 aliphatic heterocycles. The molecule has 2 atom stereocenters. The summed E-state index contributed by atoms with van der Waals surface area (Å²) in [6.45, 7) is 3.56. The minimum atomic E-state index is 0.118. The second-order valence-electron chi connectivity index (χ2n) is 4.90. The smallest absolute Gasteiger partial charge is 0.124 e. The standard InChI is InChI=1S/C15H24N2O2/c1-2-18-15-8-4-3-7-13(15)14(17-16)10-9-12-6-5-11-19-12/h3-4,7-8,12,14,17H,2,5-6,9-11,16H2,1H3. The van der Waals surface area contributed by atoms with Gasteiger partial charge in [0.05, 0.1) is 12.7 Å². The number of hydrazine groups is 1. The Hall–Kier alpha value is -1.10. The highest BCUT2D eigenvalue weighted by Gasteiger charge is 2.20. The largest absolute Gasteiger partial charge is 0.494 e. The van der Waals surface area contributed by atoms with Gasteiger partial charge in [0, 0.05) is 18.2 Å². The van der Waals surface area contributed by atoms with E-state index < -0.39 is 0 Å². The van der Waals surface area contributed by atoms with Crippen LogP contribution in [0.5, 0.6) is 5.75 Å². The van der Waals surface area contributed by atoms with Crippen LogP contribution in [0.15, 0.2) is 24.3 Å². The maximum absolute atomic E-state index is 5.71. The first-order valence-electron chi connectivity index (χ1n) is 7.14. The van der Waals surface area contributed by atoms with Gasteiger partial charge in [-0.2, -0.15) is 0 Å². The molecule has 2 unspecified atom stereocenters. The second kappa shape index (κ2) is 7.48. The summed E-state index contributed by atoms with van der Waals surface area (Å²) < 4.78 is 11.3. The predicted octanol–water partition coefficient (Wildman–Crippen LogP) is 2.55. The first-order valence-corrected chi connectivity index (χ1v) is 7.14. The summed E-state index contributed by atoms with van der Waals surface area (Å²) in [5.41, 5.74) is 4.04. The molecule has 1 aromatic carbocycles. The Bertz CT molecular complexity index is 378. The molecule has 1 fully saturated rings. The molecule has 1 heterocycles. The zero-order chi connectivity index (χ0) is 13.5. The van der Waals surface area contributed by atoms with Gasteiger partial charge >= 0.3 is 0 Å². The minimum Gasteiger partial charge on any atom is -0.494 e. The van der Waals surface area contributed by atoms with Gasteiger partial charge in [0.25, 0.3) is 0 Å². The summed E-state index contributed by atoms with van der Waals surface area (Å²) >= 11 is 0. The van der Waals surface area contributed by atoms with E-state index in [1.165, 1.54) is 12.8 Å². The monoisotopic (exact) mass is 264 g/mol. The zero-order valence-corrected chi connectivity index (χ0v) is 11.6. The Morgan fingerprint density at radius 2 is 2.32 bits per heavy atom. The highest BCUT2D eigenvalue weighted by atomic mass is 16.5. The molecule has 0 bridgehead atoms.